The summed E-state index contributed by atoms with van der Waals surface area (Å²) in [5, 5.41) is 12.4. The highest BCUT2D eigenvalue weighted by molar-refractivity contribution is 5.14. The molecule has 0 aromatic carbocycles. The summed E-state index contributed by atoms with van der Waals surface area (Å²) < 4.78 is 5.82. The molecule has 0 heterocycles. The molecule has 1 aliphatic rings. The Labute approximate surface area is 99.2 Å². The Morgan fingerprint density at radius 2 is 2.06 bits per heavy atom. The molecule has 0 aliphatic heterocycles. The van der Waals surface area contributed by atoms with Crippen LogP contribution in [0.25, 0.3) is 0 Å². The van der Waals surface area contributed by atoms with Gasteiger partial charge in [0.15, 0.2) is 0 Å². The summed E-state index contributed by atoms with van der Waals surface area (Å²) in [6, 6.07) is 2.40. The van der Waals surface area contributed by atoms with Crippen molar-refractivity contribution in [2.45, 2.75) is 51.7 Å². The molecule has 92 valence electrons. The molecule has 0 spiro atoms. The first-order valence-corrected chi connectivity index (χ1v) is 6.26. The maximum atomic E-state index is 9.29. The van der Waals surface area contributed by atoms with Crippen molar-refractivity contribution >= 4 is 0 Å². The smallest absolute Gasteiger partial charge is 0.132 e. The molecule has 1 saturated carbocycles. The number of rotatable bonds is 7. The van der Waals surface area contributed by atoms with E-state index < -0.39 is 5.54 Å². The maximum Gasteiger partial charge on any atom is 0.132 e. The van der Waals surface area contributed by atoms with Gasteiger partial charge in [-0.25, -0.2) is 0 Å². The van der Waals surface area contributed by atoms with Crippen LogP contribution in [0.1, 0.15) is 40.0 Å². The minimum absolute atomic E-state index is 0.236. The fourth-order valence-corrected chi connectivity index (χ4v) is 2.16. The Morgan fingerprint density at radius 1 is 1.44 bits per heavy atom. The first-order chi connectivity index (χ1) is 7.54. The quantitative estimate of drug-likeness (QED) is 0.722. The first kappa shape index (κ1) is 13.5. The van der Waals surface area contributed by atoms with Gasteiger partial charge < -0.3 is 10.1 Å². The topological polar surface area (TPSA) is 45.0 Å². The third-order valence-electron chi connectivity index (χ3n) is 3.32. The van der Waals surface area contributed by atoms with E-state index in [0.29, 0.717) is 18.4 Å². The monoisotopic (exact) mass is 224 g/mol. The lowest BCUT2D eigenvalue weighted by Gasteiger charge is -2.28. The highest BCUT2D eigenvalue weighted by Gasteiger charge is 2.45. The lowest BCUT2D eigenvalue weighted by atomic mass is 9.96. The average molecular weight is 224 g/mol. The number of hydrogen-bond acceptors (Lipinski definition) is 3. The second-order valence-electron chi connectivity index (χ2n) is 5.36. The second-order valence-corrected chi connectivity index (χ2v) is 5.36. The van der Waals surface area contributed by atoms with Crippen LogP contribution in [0.3, 0.4) is 0 Å². The van der Waals surface area contributed by atoms with Crippen LogP contribution in [-0.2, 0) is 4.74 Å². The molecular formula is C13H24N2O. The lowest BCUT2D eigenvalue weighted by Crippen LogP contribution is -2.48. The summed E-state index contributed by atoms with van der Waals surface area (Å²) >= 11 is 0. The van der Waals surface area contributed by atoms with E-state index in [9.17, 15) is 5.26 Å². The molecule has 0 radical (unpaired) electrons. The Balaban J connectivity index is 2.41. The predicted molar refractivity (Wildman–Crippen MR) is 65.0 cm³/mol. The third kappa shape index (κ3) is 3.47. The summed E-state index contributed by atoms with van der Waals surface area (Å²) in [5.41, 5.74) is -0.453. The number of likely N-dealkylation sites (N-methyl/N-ethyl adjacent to an activating group) is 1. The van der Waals surface area contributed by atoms with Crippen molar-refractivity contribution in [2.75, 3.05) is 13.7 Å². The minimum atomic E-state index is -0.453. The van der Waals surface area contributed by atoms with Gasteiger partial charge in [-0.15, -0.1) is 0 Å². The normalized spacial score (nSPS) is 21.5. The van der Waals surface area contributed by atoms with Crippen LogP contribution in [0, 0.1) is 23.2 Å². The predicted octanol–water partition coefficient (Wildman–Crippen LogP) is 2.33. The van der Waals surface area contributed by atoms with Crippen molar-refractivity contribution in [2.24, 2.45) is 11.8 Å². The van der Waals surface area contributed by atoms with Crippen molar-refractivity contribution < 1.29 is 4.74 Å². The van der Waals surface area contributed by atoms with Crippen LogP contribution in [0.2, 0.25) is 0 Å². The summed E-state index contributed by atoms with van der Waals surface area (Å²) in [4.78, 5) is 0. The molecule has 0 aromatic heterocycles. The highest BCUT2D eigenvalue weighted by Crippen LogP contribution is 2.39. The van der Waals surface area contributed by atoms with Crippen molar-refractivity contribution in [3.8, 4) is 6.07 Å². The van der Waals surface area contributed by atoms with Crippen LogP contribution >= 0.6 is 0 Å². The molecule has 0 amide bonds. The van der Waals surface area contributed by atoms with Crippen molar-refractivity contribution in [1.29, 1.82) is 5.26 Å². The summed E-state index contributed by atoms with van der Waals surface area (Å²) in [7, 11) is 1.86. The van der Waals surface area contributed by atoms with Gasteiger partial charge in [-0.2, -0.15) is 5.26 Å². The van der Waals surface area contributed by atoms with Gasteiger partial charge in [-0.1, -0.05) is 13.8 Å². The van der Waals surface area contributed by atoms with Gasteiger partial charge in [0.1, 0.15) is 5.54 Å². The fourth-order valence-electron chi connectivity index (χ4n) is 2.16. The maximum absolute atomic E-state index is 9.29. The number of nitrogens with one attached hydrogen (secondary N) is 1. The first-order valence-electron chi connectivity index (χ1n) is 6.26. The van der Waals surface area contributed by atoms with Crippen LogP contribution in [-0.4, -0.2) is 25.3 Å². The fraction of sp³-hybridized carbons (Fsp3) is 0.923. The Kier molecular flexibility index (Phi) is 4.76. The van der Waals surface area contributed by atoms with Crippen molar-refractivity contribution in [3.05, 3.63) is 0 Å². The van der Waals surface area contributed by atoms with Crippen LogP contribution in [0.15, 0.2) is 0 Å². The van der Waals surface area contributed by atoms with Gasteiger partial charge in [0.2, 0.25) is 0 Å². The van der Waals surface area contributed by atoms with Gasteiger partial charge >= 0.3 is 0 Å². The summed E-state index contributed by atoms with van der Waals surface area (Å²) in [5.74, 6) is 1.12. The molecule has 1 aliphatic carbocycles. The molecule has 3 nitrogen and oxygen atoms in total. The van der Waals surface area contributed by atoms with Gasteiger partial charge in [-0.3, -0.25) is 0 Å². The SMILES string of the molecule is CNC(C#N)(COC(C)CC(C)C)C1CC1. The van der Waals surface area contributed by atoms with Crippen LogP contribution in [0.5, 0.6) is 0 Å². The zero-order valence-corrected chi connectivity index (χ0v) is 10.9. The number of hydrogen-bond donors (Lipinski definition) is 1. The number of nitriles is 1. The third-order valence-corrected chi connectivity index (χ3v) is 3.32. The molecule has 2 unspecified atom stereocenters. The van der Waals surface area contributed by atoms with E-state index in [1.807, 2.05) is 7.05 Å². The van der Waals surface area contributed by atoms with Crippen molar-refractivity contribution in [1.82, 2.24) is 5.32 Å². The zero-order valence-electron chi connectivity index (χ0n) is 10.9. The van der Waals surface area contributed by atoms with Crippen LogP contribution < -0.4 is 5.32 Å². The van der Waals surface area contributed by atoms with Gasteiger partial charge in [-0.05, 0) is 45.1 Å². The van der Waals surface area contributed by atoms with Crippen molar-refractivity contribution in [3.63, 3.8) is 0 Å². The van der Waals surface area contributed by atoms with E-state index in [4.69, 9.17) is 4.74 Å². The standard InChI is InChI=1S/C13H24N2O/c1-10(2)7-11(3)16-9-13(8-14,15-4)12-5-6-12/h10-12,15H,5-7,9H2,1-4H3. The molecule has 1 rings (SSSR count). The second kappa shape index (κ2) is 5.65. The van der Waals surface area contributed by atoms with Gasteiger partial charge in [0, 0.05) is 0 Å². The number of nitrogens with zero attached hydrogens (tertiary/aromatic N) is 1. The van der Waals surface area contributed by atoms with E-state index in [-0.39, 0.29) is 6.10 Å². The molecule has 1 N–H and O–H groups in total. The van der Waals surface area contributed by atoms with E-state index >= 15 is 0 Å². The summed E-state index contributed by atoms with van der Waals surface area (Å²) in [6.07, 6.45) is 3.59. The molecule has 0 saturated heterocycles. The Morgan fingerprint density at radius 3 is 2.44 bits per heavy atom. The van der Waals surface area contributed by atoms with E-state index in [1.165, 1.54) is 0 Å². The van der Waals surface area contributed by atoms with Gasteiger partial charge in [0.05, 0.1) is 18.8 Å². The molecule has 1 fully saturated rings. The summed E-state index contributed by atoms with van der Waals surface area (Å²) in [6.45, 7) is 6.98. The molecule has 0 bridgehead atoms. The Bertz CT molecular complexity index is 255. The number of ether oxygens (including phenoxy) is 1. The van der Waals surface area contributed by atoms with E-state index in [1.54, 1.807) is 0 Å². The molecule has 3 heteroatoms. The van der Waals surface area contributed by atoms with E-state index in [0.717, 1.165) is 19.3 Å². The molecule has 0 aromatic rings. The minimum Gasteiger partial charge on any atom is -0.375 e. The lowest BCUT2D eigenvalue weighted by molar-refractivity contribution is 0.0192. The molecule has 16 heavy (non-hydrogen) atoms. The average Bonchev–Trinajstić information content (AvgIpc) is 3.03. The molecular weight excluding hydrogens is 200 g/mol. The Hall–Kier alpha value is -0.590. The molecule has 2 atom stereocenters. The van der Waals surface area contributed by atoms with Gasteiger partial charge in [0.25, 0.3) is 0 Å². The zero-order chi connectivity index (χ0) is 12.2. The van der Waals surface area contributed by atoms with Crippen LogP contribution in [0.4, 0.5) is 0 Å². The largest absolute Gasteiger partial charge is 0.375 e. The highest BCUT2D eigenvalue weighted by atomic mass is 16.5. The van der Waals surface area contributed by atoms with E-state index in [2.05, 4.69) is 32.2 Å².